The zero-order valence-electron chi connectivity index (χ0n) is 20.8. The number of nitrogens with zero attached hydrogens (tertiary/aromatic N) is 3. The Balaban J connectivity index is 1.28. The molecule has 9 heteroatoms. The summed E-state index contributed by atoms with van der Waals surface area (Å²) in [7, 11) is 0. The van der Waals surface area contributed by atoms with Crippen LogP contribution in [0, 0.1) is 5.92 Å². The second-order valence-electron chi connectivity index (χ2n) is 9.89. The number of piperazine rings is 1. The molecule has 0 bridgehead atoms. The smallest absolute Gasteiger partial charge is 0.404 e. The summed E-state index contributed by atoms with van der Waals surface area (Å²) in [5.74, 6) is -0.592. The van der Waals surface area contributed by atoms with E-state index < -0.39 is 6.36 Å². The van der Waals surface area contributed by atoms with Gasteiger partial charge in [0.2, 0.25) is 5.91 Å². The van der Waals surface area contributed by atoms with Gasteiger partial charge in [0.05, 0.1) is 5.69 Å². The highest BCUT2D eigenvalue weighted by Crippen LogP contribution is 2.35. The third-order valence-electron chi connectivity index (χ3n) is 7.53. The van der Waals surface area contributed by atoms with Gasteiger partial charge in [-0.1, -0.05) is 37.5 Å². The summed E-state index contributed by atoms with van der Waals surface area (Å²) in [6, 6.07) is 14.3. The summed E-state index contributed by atoms with van der Waals surface area (Å²) in [4.78, 5) is 23.0. The van der Waals surface area contributed by atoms with E-state index in [0.29, 0.717) is 13.1 Å². The Bertz CT molecular complexity index is 1200. The van der Waals surface area contributed by atoms with Gasteiger partial charge in [-0.15, -0.1) is 13.2 Å². The van der Waals surface area contributed by atoms with Crippen LogP contribution in [0.4, 0.5) is 24.5 Å². The molecule has 0 atom stereocenters. The number of rotatable bonds is 7. The highest BCUT2D eigenvalue weighted by Gasteiger charge is 2.35. The minimum absolute atomic E-state index is 0.101. The number of aromatic nitrogens is 1. The van der Waals surface area contributed by atoms with E-state index in [4.69, 9.17) is 0 Å². The first-order valence-corrected chi connectivity index (χ1v) is 13.1. The van der Waals surface area contributed by atoms with Gasteiger partial charge in [0.25, 0.3) is 0 Å². The van der Waals surface area contributed by atoms with Gasteiger partial charge >= 0.3 is 6.36 Å². The summed E-state index contributed by atoms with van der Waals surface area (Å²) in [6.07, 6.45) is 1.72. The van der Waals surface area contributed by atoms with Crippen molar-refractivity contribution in [1.82, 2.24) is 9.88 Å². The van der Waals surface area contributed by atoms with E-state index in [1.807, 2.05) is 6.20 Å². The number of hydrogen-bond acceptors (Lipinski definition) is 4. The van der Waals surface area contributed by atoms with Gasteiger partial charge in [0.15, 0.2) is 5.75 Å². The average molecular weight is 515 g/mol. The fourth-order valence-electron chi connectivity index (χ4n) is 5.61. The second-order valence-corrected chi connectivity index (χ2v) is 9.89. The number of ether oxygens (including phenoxy) is 1. The third kappa shape index (κ3) is 6.04. The predicted octanol–water partition coefficient (Wildman–Crippen LogP) is 5.80. The van der Waals surface area contributed by atoms with Crippen molar-refractivity contribution >= 4 is 28.2 Å². The first-order valence-electron chi connectivity index (χ1n) is 13.1. The van der Waals surface area contributed by atoms with Crippen LogP contribution in [0.25, 0.3) is 10.9 Å². The van der Waals surface area contributed by atoms with Crippen LogP contribution in [0.2, 0.25) is 0 Å². The molecule has 0 unspecified atom stereocenters. The molecule has 37 heavy (non-hydrogen) atoms. The lowest BCUT2D eigenvalue weighted by molar-refractivity contribution is -0.274. The van der Waals surface area contributed by atoms with Crippen molar-refractivity contribution in [2.45, 2.75) is 38.5 Å². The van der Waals surface area contributed by atoms with Gasteiger partial charge in [-0.25, -0.2) is 0 Å². The van der Waals surface area contributed by atoms with Crippen LogP contribution in [0.15, 0.2) is 54.7 Å². The maximum atomic E-state index is 13.6. The SMILES string of the molecule is O=C(C1CCCCC1)N(CCN1CCN(c2cccc3[nH]ccc23)CC1)c1ccccc1OC(F)(F)F. The maximum absolute atomic E-state index is 13.6. The molecule has 2 heterocycles. The molecule has 2 aromatic carbocycles. The minimum Gasteiger partial charge on any atom is -0.404 e. The highest BCUT2D eigenvalue weighted by molar-refractivity contribution is 5.96. The summed E-state index contributed by atoms with van der Waals surface area (Å²) < 4.78 is 43.7. The number of carbonyl (C=O) groups excluding carboxylic acids is 1. The van der Waals surface area contributed by atoms with Crippen LogP contribution < -0.4 is 14.5 Å². The molecule has 0 radical (unpaired) electrons. The summed E-state index contributed by atoms with van der Waals surface area (Å²) in [5, 5.41) is 1.20. The molecule has 5 rings (SSSR count). The molecular weight excluding hydrogens is 481 g/mol. The number of alkyl halides is 3. The highest BCUT2D eigenvalue weighted by atomic mass is 19.4. The fraction of sp³-hybridized carbons (Fsp3) is 0.464. The Morgan fingerprint density at radius 2 is 1.73 bits per heavy atom. The molecular formula is C28H33F3N4O2. The van der Waals surface area contributed by atoms with E-state index in [1.165, 1.54) is 28.1 Å². The van der Waals surface area contributed by atoms with E-state index in [0.717, 1.165) is 63.8 Å². The summed E-state index contributed by atoms with van der Waals surface area (Å²) in [6.45, 7) is 4.21. The number of aromatic amines is 1. The predicted molar refractivity (Wildman–Crippen MR) is 139 cm³/mol. The van der Waals surface area contributed by atoms with E-state index in [2.05, 4.69) is 43.8 Å². The monoisotopic (exact) mass is 514 g/mol. The van der Waals surface area contributed by atoms with Crippen molar-refractivity contribution in [3.05, 3.63) is 54.7 Å². The number of amides is 1. The fourth-order valence-corrected chi connectivity index (χ4v) is 5.61. The number of para-hydroxylation sites is 2. The summed E-state index contributed by atoms with van der Waals surface area (Å²) in [5.41, 5.74) is 2.50. The van der Waals surface area contributed by atoms with Crippen molar-refractivity contribution in [3.8, 4) is 5.75 Å². The normalized spacial score (nSPS) is 17.8. The van der Waals surface area contributed by atoms with Crippen LogP contribution in [0.3, 0.4) is 0 Å². The zero-order valence-corrected chi connectivity index (χ0v) is 20.8. The Labute approximate surface area is 215 Å². The number of nitrogens with one attached hydrogen (secondary N) is 1. The number of carbonyl (C=O) groups is 1. The van der Waals surface area contributed by atoms with Gasteiger partial charge in [-0.2, -0.15) is 0 Å². The van der Waals surface area contributed by atoms with Crippen LogP contribution in [-0.2, 0) is 4.79 Å². The lowest BCUT2D eigenvalue weighted by Crippen LogP contribution is -2.49. The number of anilines is 2. The average Bonchev–Trinajstić information content (AvgIpc) is 3.39. The molecule has 0 spiro atoms. The lowest BCUT2D eigenvalue weighted by Gasteiger charge is -2.38. The van der Waals surface area contributed by atoms with Crippen LogP contribution in [-0.4, -0.2) is 61.4 Å². The van der Waals surface area contributed by atoms with E-state index in [1.54, 1.807) is 12.1 Å². The van der Waals surface area contributed by atoms with Crippen molar-refractivity contribution < 1.29 is 22.7 Å². The molecule has 1 aliphatic carbocycles. The number of fused-ring (bicyclic) bond motifs is 1. The van der Waals surface area contributed by atoms with E-state index in [-0.39, 0.29) is 23.3 Å². The van der Waals surface area contributed by atoms with E-state index >= 15 is 0 Å². The first-order chi connectivity index (χ1) is 17.9. The molecule has 1 N–H and O–H groups in total. The molecule has 1 amide bonds. The lowest BCUT2D eigenvalue weighted by atomic mass is 9.88. The molecule has 198 valence electrons. The number of halogens is 3. The number of H-pyrrole nitrogens is 1. The number of benzene rings is 2. The van der Waals surface area contributed by atoms with Gasteiger partial charge in [0, 0.05) is 68.0 Å². The standard InChI is InChI=1S/C28H33F3N4O2/c29-28(30,31)37-26-12-5-4-10-25(26)35(27(36)21-7-2-1-3-8-21)20-17-33-15-18-34(19-16-33)24-11-6-9-23-22(24)13-14-32-23/h4-6,9-14,21,32H,1-3,7-8,15-20H2. The first kappa shape index (κ1) is 25.4. The number of hydrogen-bond donors (Lipinski definition) is 1. The van der Waals surface area contributed by atoms with Gasteiger partial charge in [-0.3, -0.25) is 9.69 Å². The van der Waals surface area contributed by atoms with Gasteiger partial charge in [-0.05, 0) is 43.2 Å². The molecule has 1 aliphatic heterocycles. The molecule has 2 fully saturated rings. The molecule has 6 nitrogen and oxygen atoms in total. The Hall–Kier alpha value is -3.20. The van der Waals surface area contributed by atoms with Crippen molar-refractivity contribution in [2.24, 2.45) is 5.92 Å². The molecule has 2 aliphatic rings. The Kier molecular flexibility index (Phi) is 7.60. The Morgan fingerprint density at radius 3 is 2.49 bits per heavy atom. The van der Waals surface area contributed by atoms with Crippen LogP contribution in [0.1, 0.15) is 32.1 Å². The van der Waals surface area contributed by atoms with Gasteiger partial charge in [0.1, 0.15) is 0 Å². The second kappa shape index (κ2) is 11.0. The zero-order chi connectivity index (χ0) is 25.8. The van der Waals surface area contributed by atoms with Crippen LogP contribution >= 0.6 is 0 Å². The molecule has 3 aromatic rings. The quantitative estimate of drug-likeness (QED) is 0.433. The van der Waals surface area contributed by atoms with Gasteiger partial charge < -0.3 is 19.5 Å². The maximum Gasteiger partial charge on any atom is 0.573 e. The largest absolute Gasteiger partial charge is 0.573 e. The minimum atomic E-state index is -4.83. The molecule has 1 saturated heterocycles. The summed E-state index contributed by atoms with van der Waals surface area (Å²) >= 11 is 0. The van der Waals surface area contributed by atoms with Crippen molar-refractivity contribution in [1.29, 1.82) is 0 Å². The van der Waals surface area contributed by atoms with Crippen molar-refractivity contribution in [2.75, 3.05) is 49.1 Å². The Morgan fingerprint density at radius 1 is 0.973 bits per heavy atom. The van der Waals surface area contributed by atoms with Crippen LogP contribution in [0.5, 0.6) is 5.75 Å². The van der Waals surface area contributed by atoms with Crippen molar-refractivity contribution in [3.63, 3.8) is 0 Å². The topological polar surface area (TPSA) is 51.8 Å². The molecule has 1 saturated carbocycles. The third-order valence-corrected chi connectivity index (χ3v) is 7.53. The van der Waals surface area contributed by atoms with E-state index in [9.17, 15) is 18.0 Å². The molecule has 1 aromatic heterocycles.